The highest BCUT2D eigenvalue weighted by atomic mass is 16.5. The summed E-state index contributed by atoms with van der Waals surface area (Å²) in [4.78, 5) is 28.5. The van der Waals surface area contributed by atoms with Crippen LogP contribution in [-0.2, 0) is 22.5 Å². The van der Waals surface area contributed by atoms with E-state index < -0.39 is 5.97 Å². The van der Waals surface area contributed by atoms with E-state index in [1.54, 1.807) is 11.0 Å². The maximum Gasteiger partial charge on any atom is 0.359 e. The predicted octanol–water partition coefficient (Wildman–Crippen LogP) is 2.17. The third-order valence-corrected chi connectivity index (χ3v) is 4.90. The number of benzene rings is 1. The molecule has 2 aromatic rings. The SMILES string of the molecule is CCCc1cc(C(=O)OCC(=O)N2CCN(Cc3cccc(C)c3)CC2)n[nH]1. The van der Waals surface area contributed by atoms with E-state index in [2.05, 4.69) is 53.2 Å². The molecule has 1 N–H and O–H groups in total. The molecule has 0 aliphatic carbocycles. The number of carbonyl (C=O) groups excluding carboxylic acids is 2. The van der Waals surface area contributed by atoms with Gasteiger partial charge in [-0.1, -0.05) is 43.2 Å². The van der Waals surface area contributed by atoms with Crippen LogP contribution in [0.5, 0.6) is 0 Å². The number of hydrogen-bond acceptors (Lipinski definition) is 5. The molecule has 2 heterocycles. The molecule has 1 amide bonds. The lowest BCUT2D eigenvalue weighted by atomic mass is 10.1. The molecule has 0 atom stereocenters. The van der Waals surface area contributed by atoms with Crippen molar-refractivity contribution in [1.29, 1.82) is 0 Å². The summed E-state index contributed by atoms with van der Waals surface area (Å²) in [6.07, 6.45) is 1.79. The Kier molecular flexibility index (Phi) is 6.81. The van der Waals surface area contributed by atoms with Gasteiger partial charge < -0.3 is 9.64 Å². The van der Waals surface area contributed by atoms with Crippen LogP contribution in [0, 0.1) is 6.92 Å². The Morgan fingerprint density at radius 3 is 2.68 bits per heavy atom. The summed E-state index contributed by atoms with van der Waals surface area (Å²) in [7, 11) is 0. The molecule has 1 aliphatic heterocycles. The molecule has 150 valence electrons. The van der Waals surface area contributed by atoms with Crippen LogP contribution in [0.2, 0.25) is 0 Å². The monoisotopic (exact) mass is 384 g/mol. The van der Waals surface area contributed by atoms with Gasteiger partial charge in [-0.3, -0.25) is 14.8 Å². The number of hydrogen-bond donors (Lipinski definition) is 1. The van der Waals surface area contributed by atoms with Crippen LogP contribution in [0.15, 0.2) is 30.3 Å². The van der Waals surface area contributed by atoms with Gasteiger partial charge in [0.2, 0.25) is 0 Å². The van der Waals surface area contributed by atoms with Gasteiger partial charge in [-0.05, 0) is 25.0 Å². The molecule has 28 heavy (non-hydrogen) atoms. The lowest BCUT2D eigenvalue weighted by Crippen LogP contribution is -2.49. The van der Waals surface area contributed by atoms with Gasteiger partial charge >= 0.3 is 5.97 Å². The van der Waals surface area contributed by atoms with Gasteiger partial charge in [0.1, 0.15) is 0 Å². The summed E-state index contributed by atoms with van der Waals surface area (Å²) in [5, 5.41) is 6.77. The number of aromatic nitrogens is 2. The van der Waals surface area contributed by atoms with Crippen molar-refractivity contribution in [3.8, 4) is 0 Å². The van der Waals surface area contributed by atoms with Gasteiger partial charge in [0.15, 0.2) is 12.3 Å². The van der Waals surface area contributed by atoms with Crippen LogP contribution in [0.25, 0.3) is 0 Å². The second-order valence-electron chi connectivity index (χ2n) is 7.25. The number of ether oxygens (including phenoxy) is 1. The van der Waals surface area contributed by atoms with E-state index >= 15 is 0 Å². The minimum absolute atomic E-state index is 0.159. The van der Waals surface area contributed by atoms with E-state index in [4.69, 9.17) is 4.74 Å². The summed E-state index contributed by atoms with van der Waals surface area (Å²) >= 11 is 0. The Hall–Kier alpha value is -2.67. The molecule has 7 heteroatoms. The van der Waals surface area contributed by atoms with Crippen molar-refractivity contribution in [2.45, 2.75) is 33.2 Å². The first-order valence-corrected chi connectivity index (χ1v) is 9.82. The van der Waals surface area contributed by atoms with Crippen molar-refractivity contribution >= 4 is 11.9 Å². The van der Waals surface area contributed by atoms with Crippen molar-refractivity contribution in [3.05, 3.63) is 52.8 Å². The molecule has 0 radical (unpaired) electrons. The van der Waals surface area contributed by atoms with E-state index in [9.17, 15) is 9.59 Å². The quantitative estimate of drug-likeness (QED) is 0.740. The standard InChI is InChI=1S/C21H28N4O3/c1-3-5-18-13-19(23-22-18)21(27)28-15-20(26)25-10-8-24(9-11-25)14-17-7-4-6-16(2)12-17/h4,6-7,12-13H,3,5,8-11,14-15H2,1-2H3,(H,22,23). The van der Waals surface area contributed by atoms with Crippen LogP contribution < -0.4 is 0 Å². The molecule has 1 aromatic carbocycles. The first kappa shape index (κ1) is 20.1. The Bertz CT molecular complexity index is 809. The topological polar surface area (TPSA) is 78.5 Å². The fourth-order valence-electron chi connectivity index (χ4n) is 3.38. The second kappa shape index (κ2) is 9.50. The molecule has 0 bridgehead atoms. The number of aromatic amines is 1. The maximum atomic E-state index is 12.4. The van der Waals surface area contributed by atoms with Gasteiger partial charge in [-0.15, -0.1) is 0 Å². The molecular weight excluding hydrogens is 356 g/mol. The summed E-state index contributed by atoms with van der Waals surface area (Å²) in [6.45, 7) is 7.70. The van der Waals surface area contributed by atoms with E-state index in [0.717, 1.165) is 38.2 Å². The first-order chi connectivity index (χ1) is 13.5. The Balaban J connectivity index is 1.41. The minimum Gasteiger partial charge on any atom is -0.451 e. The number of nitrogens with zero attached hydrogens (tertiary/aromatic N) is 3. The fraction of sp³-hybridized carbons (Fsp3) is 0.476. The molecule has 1 aliphatic rings. The molecule has 0 saturated carbocycles. The summed E-state index contributed by atoms with van der Waals surface area (Å²) in [6, 6.07) is 10.2. The number of carbonyl (C=O) groups is 2. The molecule has 7 nitrogen and oxygen atoms in total. The largest absolute Gasteiger partial charge is 0.451 e. The number of H-pyrrole nitrogens is 1. The zero-order chi connectivity index (χ0) is 19.9. The average Bonchev–Trinajstić information content (AvgIpc) is 3.15. The Morgan fingerprint density at radius 1 is 1.18 bits per heavy atom. The molecule has 3 rings (SSSR count). The smallest absolute Gasteiger partial charge is 0.359 e. The first-order valence-electron chi connectivity index (χ1n) is 9.82. The maximum absolute atomic E-state index is 12.4. The number of aryl methyl sites for hydroxylation is 2. The summed E-state index contributed by atoms with van der Waals surface area (Å²) in [5.41, 5.74) is 3.66. The van der Waals surface area contributed by atoms with Crippen LogP contribution in [0.1, 0.15) is 40.7 Å². The number of piperazine rings is 1. The molecule has 1 fully saturated rings. The van der Waals surface area contributed by atoms with E-state index in [1.165, 1.54) is 11.1 Å². The van der Waals surface area contributed by atoms with Crippen LogP contribution >= 0.6 is 0 Å². The highest BCUT2D eigenvalue weighted by molar-refractivity contribution is 5.89. The second-order valence-corrected chi connectivity index (χ2v) is 7.25. The number of nitrogens with one attached hydrogen (secondary N) is 1. The van der Waals surface area contributed by atoms with Crippen molar-refractivity contribution in [3.63, 3.8) is 0 Å². The lowest BCUT2D eigenvalue weighted by molar-refractivity contribution is -0.136. The third-order valence-electron chi connectivity index (χ3n) is 4.90. The van der Waals surface area contributed by atoms with Crippen LogP contribution in [0.4, 0.5) is 0 Å². The average molecular weight is 384 g/mol. The number of rotatable bonds is 7. The summed E-state index contributed by atoms with van der Waals surface area (Å²) < 4.78 is 5.14. The van der Waals surface area contributed by atoms with Crippen LogP contribution in [-0.4, -0.2) is 64.7 Å². The van der Waals surface area contributed by atoms with Crippen molar-refractivity contribution < 1.29 is 14.3 Å². The molecule has 1 aromatic heterocycles. The van der Waals surface area contributed by atoms with Crippen molar-refractivity contribution in [1.82, 2.24) is 20.0 Å². The lowest BCUT2D eigenvalue weighted by Gasteiger charge is -2.34. The summed E-state index contributed by atoms with van der Waals surface area (Å²) in [5.74, 6) is -0.724. The highest BCUT2D eigenvalue weighted by Crippen LogP contribution is 2.11. The van der Waals surface area contributed by atoms with Gasteiger partial charge in [0.25, 0.3) is 5.91 Å². The van der Waals surface area contributed by atoms with E-state index in [-0.39, 0.29) is 18.2 Å². The molecular formula is C21H28N4O3. The van der Waals surface area contributed by atoms with Crippen molar-refractivity contribution in [2.75, 3.05) is 32.8 Å². The van der Waals surface area contributed by atoms with E-state index in [0.29, 0.717) is 13.1 Å². The van der Waals surface area contributed by atoms with Gasteiger partial charge in [-0.2, -0.15) is 5.10 Å². The van der Waals surface area contributed by atoms with Crippen molar-refractivity contribution in [2.24, 2.45) is 0 Å². The predicted molar refractivity (Wildman–Crippen MR) is 106 cm³/mol. The zero-order valence-corrected chi connectivity index (χ0v) is 16.6. The zero-order valence-electron chi connectivity index (χ0n) is 16.6. The van der Waals surface area contributed by atoms with E-state index in [1.807, 2.05) is 0 Å². The highest BCUT2D eigenvalue weighted by Gasteiger charge is 2.22. The number of esters is 1. The van der Waals surface area contributed by atoms with Crippen LogP contribution in [0.3, 0.4) is 0 Å². The third kappa shape index (κ3) is 5.42. The van der Waals surface area contributed by atoms with Gasteiger partial charge in [0.05, 0.1) is 0 Å². The molecule has 0 unspecified atom stereocenters. The van der Waals surface area contributed by atoms with Gasteiger partial charge in [0, 0.05) is 38.4 Å². The Labute approximate surface area is 165 Å². The van der Waals surface area contributed by atoms with Gasteiger partial charge in [-0.25, -0.2) is 4.79 Å². The normalized spacial score (nSPS) is 14.9. The Morgan fingerprint density at radius 2 is 1.96 bits per heavy atom. The number of amides is 1. The molecule has 0 spiro atoms. The fourth-order valence-corrected chi connectivity index (χ4v) is 3.38. The molecule has 1 saturated heterocycles. The minimum atomic E-state index is -0.565.